The molecule has 0 bridgehead atoms. The van der Waals surface area contributed by atoms with E-state index in [0.29, 0.717) is 35.7 Å². The molecular formula is C21H24N2O4. The lowest BCUT2D eigenvalue weighted by Crippen LogP contribution is -2.27. The number of benzene rings is 2. The van der Waals surface area contributed by atoms with Crippen molar-refractivity contribution in [3.05, 3.63) is 53.6 Å². The van der Waals surface area contributed by atoms with E-state index in [2.05, 4.69) is 10.6 Å². The number of carbonyl (C=O) groups excluding carboxylic acids is 2. The van der Waals surface area contributed by atoms with Gasteiger partial charge in [-0.15, -0.1) is 0 Å². The number of carbonyl (C=O) groups is 2. The fourth-order valence-electron chi connectivity index (χ4n) is 2.82. The Morgan fingerprint density at radius 3 is 2.48 bits per heavy atom. The molecule has 6 nitrogen and oxygen atoms in total. The fourth-order valence-corrected chi connectivity index (χ4v) is 2.82. The van der Waals surface area contributed by atoms with Gasteiger partial charge in [-0.2, -0.15) is 0 Å². The number of nitrogens with one attached hydrogen (secondary N) is 2. The van der Waals surface area contributed by atoms with Gasteiger partial charge in [-0.25, -0.2) is 0 Å². The van der Waals surface area contributed by atoms with Crippen LogP contribution in [0.15, 0.2) is 42.5 Å². The molecular weight excluding hydrogens is 344 g/mol. The molecule has 1 saturated carbocycles. The highest BCUT2D eigenvalue weighted by molar-refractivity contribution is 6.04. The summed E-state index contributed by atoms with van der Waals surface area (Å²) in [5.74, 6) is 1.20. The third kappa shape index (κ3) is 4.78. The van der Waals surface area contributed by atoms with Crippen LogP contribution >= 0.6 is 0 Å². The molecule has 2 aromatic carbocycles. The Hall–Kier alpha value is -3.02. The molecule has 2 amide bonds. The van der Waals surface area contributed by atoms with Crippen molar-refractivity contribution < 1.29 is 19.1 Å². The maximum Gasteiger partial charge on any atom is 0.253 e. The zero-order valence-electron chi connectivity index (χ0n) is 15.6. The van der Waals surface area contributed by atoms with Gasteiger partial charge < -0.3 is 20.1 Å². The molecule has 1 aliphatic carbocycles. The first-order valence-corrected chi connectivity index (χ1v) is 9.01. The Labute approximate surface area is 158 Å². The molecule has 0 aromatic heterocycles. The second-order valence-corrected chi connectivity index (χ2v) is 6.50. The van der Waals surface area contributed by atoms with E-state index in [-0.39, 0.29) is 17.7 Å². The molecule has 0 saturated heterocycles. The molecule has 1 fully saturated rings. The van der Waals surface area contributed by atoms with Crippen molar-refractivity contribution in [2.45, 2.75) is 19.3 Å². The predicted molar refractivity (Wildman–Crippen MR) is 103 cm³/mol. The molecule has 0 spiro atoms. The van der Waals surface area contributed by atoms with Gasteiger partial charge in [0.1, 0.15) is 0 Å². The van der Waals surface area contributed by atoms with Crippen LogP contribution in [0.2, 0.25) is 0 Å². The van der Waals surface area contributed by atoms with Gasteiger partial charge in [-0.1, -0.05) is 18.2 Å². The molecule has 0 heterocycles. The van der Waals surface area contributed by atoms with Crippen LogP contribution in [0.5, 0.6) is 11.5 Å². The molecule has 0 radical (unpaired) electrons. The predicted octanol–water partition coefficient (Wildman–Crippen LogP) is 3.02. The Kier molecular flexibility index (Phi) is 5.96. The van der Waals surface area contributed by atoms with Crippen molar-refractivity contribution in [1.82, 2.24) is 5.32 Å². The first-order chi connectivity index (χ1) is 13.1. The van der Waals surface area contributed by atoms with Gasteiger partial charge in [0.25, 0.3) is 5.91 Å². The summed E-state index contributed by atoms with van der Waals surface area (Å²) < 4.78 is 10.5. The Balaban J connectivity index is 1.59. The van der Waals surface area contributed by atoms with Gasteiger partial charge in [-0.3, -0.25) is 9.59 Å². The fraction of sp³-hybridized carbons (Fsp3) is 0.333. The molecule has 27 heavy (non-hydrogen) atoms. The molecule has 2 N–H and O–H groups in total. The first-order valence-electron chi connectivity index (χ1n) is 9.01. The molecule has 3 rings (SSSR count). The molecule has 0 aliphatic heterocycles. The average Bonchev–Trinajstić information content (AvgIpc) is 3.53. The summed E-state index contributed by atoms with van der Waals surface area (Å²) in [4.78, 5) is 24.5. The van der Waals surface area contributed by atoms with E-state index in [1.165, 1.54) is 0 Å². The number of ether oxygens (including phenoxy) is 2. The van der Waals surface area contributed by atoms with E-state index in [9.17, 15) is 9.59 Å². The number of rotatable bonds is 8. The van der Waals surface area contributed by atoms with Crippen molar-refractivity contribution in [2.24, 2.45) is 5.92 Å². The van der Waals surface area contributed by atoms with Crippen LogP contribution in [0.1, 0.15) is 28.8 Å². The SMILES string of the molecule is COc1ccc(CCNC(=O)c2ccccc2NC(=O)C2CC2)cc1OC. The van der Waals surface area contributed by atoms with Crippen molar-refractivity contribution in [3.63, 3.8) is 0 Å². The third-order valence-electron chi connectivity index (χ3n) is 4.52. The maximum absolute atomic E-state index is 12.5. The van der Waals surface area contributed by atoms with Crippen molar-refractivity contribution >= 4 is 17.5 Å². The highest BCUT2D eigenvalue weighted by Crippen LogP contribution is 2.31. The zero-order valence-corrected chi connectivity index (χ0v) is 15.6. The summed E-state index contributed by atoms with van der Waals surface area (Å²) in [6, 6.07) is 12.8. The normalized spacial score (nSPS) is 13.0. The number of hydrogen-bond donors (Lipinski definition) is 2. The summed E-state index contributed by atoms with van der Waals surface area (Å²) in [6.07, 6.45) is 2.50. The molecule has 142 valence electrons. The van der Waals surface area contributed by atoms with Gasteiger partial charge in [0.05, 0.1) is 25.5 Å². The minimum absolute atomic E-state index is 0.0134. The third-order valence-corrected chi connectivity index (χ3v) is 4.52. The minimum Gasteiger partial charge on any atom is -0.493 e. The highest BCUT2D eigenvalue weighted by atomic mass is 16.5. The lowest BCUT2D eigenvalue weighted by Gasteiger charge is -2.12. The summed E-state index contributed by atoms with van der Waals surface area (Å²) in [5.41, 5.74) is 2.06. The van der Waals surface area contributed by atoms with Crippen LogP contribution in [0.25, 0.3) is 0 Å². The van der Waals surface area contributed by atoms with Gasteiger partial charge in [0.15, 0.2) is 11.5 Å². The van der Waals surface area contributed by atoms with Gasteiger partial charge in [-0.05, 0) is 49.1 Å². The number of anilines is 1. The van der Waals surface area contributed by atoms with Crippen molar-refractivity contribution in [1.29, 1.82) is 0 Å². The number of hydrogen-bond acceptors (Lipinski definition) is 4. The van der Waals surface area contributed by atoms with E-state index >= 15 is 0 Å². The average molecular weight is 368 g/mol. The molecule has 0 unspecified atom stereocenters. The Bertz CT molecular complexity index is 831. The van der Waals surface area contributed by atoms with Gasteiger partial charge in [0.2, 0.25) is 5.91 Å². The van der Waals surface area contributed by atoms with E-state index in [1.54, 1.807) is 32.4 Å². The Morgan fingerprint density at radius 1 is 1.04 bits per heavy atom. The lowest BCUT2D eigenvalue weighted by atomic mass is 10.1. The van der Waals surface area contributed by atoms with Gasteiger partial charge in [0, 0.05) is 12.5 Å². The van der Waals surface area contributed by atoms with Crippen molar-refractivity contribution in [2.75, 3.05) is 26.1 Å². The van der Waals surface area contributed by atoms with Gasteiger partial charge >= 0.3 is 0 Å². The molecule has 1 aliphatic rings. The molecule has 0 atom stereocenters. The van der Waals surface area contributed by atoms with Crippen LogP contribution in [0.4, 0.5) is 5.69 Å². The topological polar surface area (TPSA) is 76.7 Å². The first kappa shape index (κ1) is 18.8. The Morgan fingerprint density at radius 2 is 1.78 bits per heavy atom. The summed E-state index contributed by atoms with van der Waals surface area (Å²) >= 11 is 0. The van der Waals surface area contributed by atoms with Crippen LogP contribution < -0.4 is 20.1 Å². The number of methoxy groups -OCH3 is 2. The number of amides is 2. The molecule has 6 heteroatoms. The van der Waals surface area contributed by atoms with Crippen LogP contribution in [-0.4, -0.2) is 32.6 Å². The van der Waals surface area contributed by atoms with Crippen molar-refractivity contribution in [3.8, 4) is 11.5 Å². The van der Waals surface area contributed by atoms with Crippen LogP contribution in [0.3, 0.4) is 0 Å². The summed E-state index contributed by atoms with van der Waals surface area (Å²) in [5, 5.41) is 5.77. The zero-order chi connectivity index (χ0) is 19.2. The quantitative estimate of drug-likeness (QED) is 0.751. The second kappa shape index (κ2) is 8.58. The standard InChI is InChI=1S/C21H24N2O4/c1-26-18-10-7-14(13-19(18)27-2)11-12-22-21(25)16-5-3-4-6-17(16)23-20(24)15-8-9-15/h3-7,10,13,15H,8-9,11-12H2,1-2H3,(H,22,25)(H,23,24). The van der Waals surface area contributed by atoms with Crippen LogP contribution in [0, 0.1) is 5.92 Å². The highest BCUT2D eigenvalue weighted by Gasteiger charge is 2.30. The monoisotopic (exact) mass is 368 g/mol. The van der Waals surface area contributed by atoms with E-state index in [1.807, 2.05) is 24.3 Å². The lowest BCUT2D eigenvalue weighted by molar-refractivity contribution is -0.117. The van der Waals surface area contributed by atoms with Crippen LogP contribution in [-0.2, 0) is 11.2 Å². The largest absolute Gasteiger partial charge is 0.493 e. The number of para-hydroxylation sites is 1. The summed E-state index contributed by atoms with van der Waals surface area (Å²) in [7, 11) is 3.19. The van der Waals surface area contributed by atoms with E-state index < -0.39 is 0 Å². The maximum atomic E-state index is 12.5. The second-order valence-electron chi connectivity index (χ2n) is 6.50. The van der Waals surface area contributed by atoms with E-state index in [0.717, 1.165) is 18.4 Å². The van der Waals surface area contributed by atoms with E-state index in [4.69, 9.17) is 9.47 Å². The summed E-state index contributed by atoms with van der Waals surface area (Å²) in [6.45, 7) is 0.471. The molecule has 2 aromatic rings. The minimum atomic E-state index is -0.206. The smallest absolute Gasteiger partial charge is 0.253 e.